The molecule has 4 rings (SSSR count). The molecule has 32 heavy (non-hydrogen) atoms. The third kappa shape index (κ3) is 5.34. The maximum atomic E-state index is 12.2. The smallest absolute Gasteiger partial charge is 0.259 e. The summed E-state index contributed by atoms with van der Waals surface area (Å²) in [6.45, 7) is 0.0582. The lowest BCUT2D eigenvalue weighted by molar-refractivity contribution is -0.119. The van der Waals surface area contributed by atoms with Gasteiger partial charge in [-0.05, 0) is 41.8 Å². The first-order chi connectivity index (χ1) is 15.7. The molecule has 158 valence electrons. The number of carbonyl (C=O) groups excluding carboxylic acids is 1. The van der Waals surface area contributed by atoms with Crippen molar-refractivity contribution in [2.24, 2.45) is 15.3 Å². The molecular weight excluding hydrogens is 402 g/mol. The number of aromatic hydroxyl groups is 1. The number of carbonyl (C=O) groups is 1. The van der Waals surface area contributed by atoms with Crippen molar-refractivity contribution in [3.8, 4) is 5.75 Å². The zero-order chi connectivity index (χ0) is 22.2. The largest absolute Gasteiger partial charge is 0.507 e. The first-order valence-corrected chi connectivity index (χ1v) is 10.0. The van der Waals surface area contributed by atoms with E-state index in [-0.39, 0.29) is 18.2 Å². The van der Waals surface area contributed by atoms with E-state index in [2.05, 4.69) is 26.1 Å². The number of anilines is 1. The second-order valence-corrected chi connectivity index (χ2v) is 6.95. The molecule has 0 aromatic heterocycles. The molecule has 0 radical (unpaired) electrons. The highest BCUT2D eigenvalue weighted by molar-refractivity contribution is 5.95. The van der Waals surface area contributed by atoms with Crippen LogP contribution in [0.5, 0.6) is 5.75 Å². The Bertz CT molecular complexity index is 1280. The minimum Gasteiger partial charge on any atom is -0.507 e. The van der Waals surface area contributed by atoms with Gasteiger partial charge in [0.2, 0.25) is 0 Å². The Kier molecular flexibility index (Phi) is 6.48. The summed E-state index contributed by atoms with van der Waals surface area (Å²) in [5.74, 6) is -0.288. The van der Waals surface area contributed by atoms with Gasteiger partial charge in [0.1, 0.15) is 5.75 Å². The van der Waals surface area contributed by atoms with Gasteiger partial charge in [-0.3, -0.25) is 4.79 Å². The van der Waals surface area contributed by atoms with E-state index >= 15 is 0 Å². The summed E-state index contributed by atoms with van der Waals surface area (Å²) in [5.41, 5.74) is 5.02. The standard InChI is InChI=1S/C25H21N5O2/c31-24-14-13-21(29-28-20-9-2-1-3-10-20)15-19(24)16-27-30-25(32)17-26-23-12-6-8-18-7-4-5-11-22(18)23/h1-16,26,31H,17H2,(H,30,32). The molecule has 0 aliphatic rings. The Balaban J connectivity index is 1.36. The Morgan fingerprint density at radius 3 is 2.47 bits per heavy atom. The van der Waals surface area contributed by atoms with Gasteiger partial charge in [0.25, 0.3) is 5.91 Å². The monoisotopic (exact) mass is 423 g/mol. The minimum atomic E-state index is -0.311. The van der Waals surface area contributed by atoms with Crippen molar-refractivity contribution in [1.82, 2.24) is 5.43 Å². The van der Waals surface area contributed by atoms with Gasteiger partial charge in [-0.25, -0.2) is 5.43 Å². The van der Waals surface area contributed by atoms with Crippen molar-refractivity contribution in [2.75, 3.05) is 11.9 Å². The number of hydrogen-bond donors (Lipinski definition) is 3. The highest BCUT2D eigenvalue weighted by Gasteiger charge is 2.04. The van der Waals surface area contributed by atoms with E-state index in [1.165, 1.54) is 12.3 Å². The van der Waals surface area contributed by atoms with Crippen molar-refractivity contribution >= 4 is 40.0 Å². The SMILES string of the molecule is O=C(CNc1cccc2ccccc12)NN=Cc1cc(N=Nc2ccccc2)ccc1O. The number of nitrogens with one attached hydrogen (secondary N) is 2. The number of hydrazone groups is 1. The predicted octanol–water partition coefficient (Wildman–Crippen LogP) is 5.52. The van der Waals surface area contributed by atoms with Gasteiger partial charge in [-0.1, -0.05) is 54.6 Å². The van der Waals surface area contributed by atoms with E-state index in [0.717, 1.165) is 22.1 Å². The second kappa shape index (κ2) is 9.99. The Hall–Kier alpha value is -4.52. The van der Waals surface area contributed by atoms with Crippen LogP contribution in [0.1, 0.15) is 5.56 Å². The predicted molar refractivity (Wildman–Crippen MR) is 127 cm³/mol. The minimum absolute atomic E-state index is 0.0236. The van der Waals surface area contributed by atoms with Gasteiger partial charge in [0, 0.05) is 16.6 Å². The van der Waals surface area contributed by atoms with Crippen LogP contribution in [0.25, 0.3) is 10.8 Å². The van der Waals surface area contributed by atoms with Gasteiger partial charge in [-0.15, -0.1) is 0 Å². The van der Waals surface area contributed by atoms with Crippen molar-refractivity contribution in [3.63, 3.8) is 0 Å². The van der Waals surface area contributed by atoms with Gasteiger partial charge in [0.05, 0.1) is 24.1 Å². The van der Waals surface area contributed by atoms with Crippen LogP contribution in [0, 0.1) is 0 Å². The number of hydrogen-bond acceptors (Lipinski definition) is 6. The zero-order valence-corrected chi connectivity index (χ0v) is 17.1. The number of phenols is 1. The molecular formula is C25H21N5O2. The lowest BCUT2D eigenvalue weighted by atomic mass is 10.1. The number of fused-ring (bicyclic) bond motifs is 1. The number of phenolic OH excluding ortho intramolecular Hbond substituents is 1. The molecule has 3 N–H and O–H groups in total. The first kappa shape index (κ1) is 20.7. The molecule has 7 nitrogen and oxygen atoms in total. The van der Waals surface area contributed by atoms with Crippen LogP contribution in [0.15, 0.2) is 106 Å². The van der Waals surface area contributed by atoms with Gasteiger partial charge >= 0.3 is 0 Å². The first-order valence-electron chi connectivity index (χ1n) is 10.0. The lowest BCUT2D eigenvalue weighted by Crippen LogP contribution is -2.25. The van der Waals surface area contributed by atoms with Crippen LogP contribution in [0.3, 0.4) is 0 Å². The van der Waals surface area contributed by atoms with E-state index in [0.29, 0.717) is 11.3 Å². The fraction of sp³-hybridized carbons (Fsp3) is 0.0400. The van der Waals surface area contributed by atoms with Crippen LogP contribution in [-0.2, 0) is 4.79 Å². The number of rotatable bonds is 7. The molecule has 0 saturated carbocycles. The van der Waals surface area contributed by atoms with Crippen molar-refractivity contribution < 1.29 is 9.90 Å². The Morgan fingerprint density at radius 1 is 0.844 bits per heavy atom. The van der Waals surface area contributed by atoms with E-state index in [4.69, 9.17) is 0 Å². The molecule has 4 aromatic rings. The molecule has 0 spiro atoms. The highest BCUT2D eigenvalue weighted by atomic mass is 16.3. The van der Waals surface area contributed by atoms with Gasteiger partial charge < -0.3 is 10.4 Å². The normalized spacial score (nSPS) is 11.2. The second-order valence-electron chi connectivity index (χ2n) is 6.95. The van der Waals surface area contributed by atoms with Crippen LogP contribution < -0.4 is 10.7 Å². The zero-order valence-electron chi connectivity index (χ0n) is 17.1. The summed E-state index contributed by atoms with van der Waals surface area (Å²) in [5, 5.41) is 27.6. The number of amides is 1. The number of nitrogens with zero attached hydrogens (tertiary/aromatic N) is 3. The molecule has 4 aromatic carbocycles. The van der Waals surface area contributed by atoms with Gasteiger partial charge in [0.15, 0.2) is 0 Å². The molecule has 7 heteroatoms. The summed E-state index contributed by atoms with van der Waals surface area (Å²) in [6.07, 6.45) is 1.37. The summed E-state index contributed by atoms with van der Waals surface area (Å²) in [6, 6.07) is 27.9. The Labute approximate surface area is 185 Å². The van der Waals surface area contributed by atoms with Crippen LogP contribution in [-0.4, -0.2) is 23.8 Å². The molecule has 0 saturated heterocycles. The lowest BCUT2D eigenvalue weighted by Gasteiger charge is -2.08. The van der Waals surface area contributed by atoms with E-state index in [1.807, 2.05) is 72.8 Å². The topological polar surface area (TPSA) is 98.4 Å². The third-order valence-corrected chi connectivity index (χ3v) is 4.67. The van der Waals surface area contributed by atoms with Crippen LogP contribution in [0.2, 0.25) is 0 Å². The average molecular weight is 423 g/mol. The number of azo groups is 1. The third-order valence-electron chi connectivity index (χ3n) is 4.67. The molecule has 0 heterocycles. The van der Waals surface area contributed by atoms with Crippen molar-refractivity contribution in [1.29, 1.82) is 0 Å². The fourth-order valence-corrected chi connectivity index (χ4v) is 3.09. The quantitative estimate of drug-likeness (QED) is 0.207. The maximum Gasteiger partial charge on any atom is 0.259 e. The van der Waals surface area contributed by atoms with Crippen LogP contribution in [0.4, 0.5) is 17.1 Å². The van der Waals surface area contributed by atoms with Crippen molar-refractivity contribution in [3.05, 3.63) is 96.6 Å². The van der Waals surface area contributed by atoms with E-state index in [1.54, 1.807) is 12.1 Å². The van der Waals surface area contributed by atoms with Crippen LogP contribution >= 0.6 is 0 Å². The molecule has 1 amide bonds. The summed E-state index contributed by atoms with van der Waals surface area (Å²) < 4.78 is 0. The summed E-state index contributed by atoms with van der Waals surface area (Å²) in [4.78, 5) is 12.2. The molecule has 0 fully saturated rings. The number of benzene rings is 4. The Morgan fingerprint density at radius 2 is 1.59 bits per heavy atom. The maximum absolute atomic E-state index is 12.2. The van der Waals surface area contributed by atoms with E-state index < -0.39 is 0 Å². The molecule has 0 aliphatic carbocycles. The van der Waals surface area contributed by atoms with Crippen molar-refractivity contribution in [2.45, 2.75) is 0 Å². The van der Waals surface area contributed by atoms with E-state index in [9.17, 15) is 9.90 Å². The molecule has 0 bridgehead atoms. The summed E-state index contributed by atoms with van der Waals surface area (Å²) >= 11 is 0. The molecule has 0 atom stereocenters. The molecule has 0 aliphatic heterocycles. The van der Waals surface area contributed by atoms with Gasteiger partial charge in [-0.2, -0.15) is 15.3 Å². The summed E-state index contributed by atoms with van der Waals surface area (Å²) in [7, 11) is 0. The average Bonchev–Trinajstić information content (AvgIpc) is 2.83. The fourth-order valence-electron chi connectivity index (χ4n) is 3.09. The molecule has 0 unspecified atom stereocenters. The highest BCUT2D eigenvalue weighted by Crippen LogP contribution is 2.24.